The molecule has 0 unspecified atom stereocenters. The Bertz CT molecular complexity index is 897. The lowest BCUT2D eigenvalue weighted by Crippen LogP contribution is -2.31. The molecule has 3 heterocycles. The number of esters is 1. The summed E-state index contributed by atoms with van der Waals surface area (Å²) in [6, 6.07) is 0. The van der Waals surface area contributed by atoms with E-state index in [9.17, 15) is 9.90 Å². The zero-order valence-corrected chi connectivity index (χ0v) is 22.6. The Morgan fingerprint density at radius 2 is 1.95 bits per heavy atom. The van der Waals surface area contributed by atoms with E-state index < -0.39 is 24.3 Å². The van der Waals surface area contributed by atoms with Crippen molar-refractivity contribution >= 4 is 5.97 Å². The van der Waals surface area contributed by atoms with Crippen LogP contribution >= 0.6 is 0 Å². The van der Waals surface area contributed by atoms with Crippen LogP contribution in [0.5, 0.6) is 0 Å². The van der Waals surface area contributed by atoms with Crippen molar-refractivity contribution in [2.24, 2.45) is 5.92 Å². The maximum absolute atomic E-state index is 12.7. The average Bonchev–Trinajstić information content (AvgIpc) is 2.83. The van der Waals surface area contributed by atoms with Gasteiger partial charge in [-0.05, 0) is 51.4 Å². The second-order valence-corrected chi connectivity index (χ2v) is 10.5. The van der Waals surface area contributed by atoms with Gasteiger partial charge in [0, 0.05) is 19.6 Å². The van der Waals surface area contributed by atoms with Gasteiger partial charge in [-0.1, -0.05) is 73.3 Å². The molecule has 0 aliphatic carbocycles. The van der Waals surface area contributed by atoms with E-state index in [0.29, 0.717) is 31.8 Å². The lowest BCUT2D eigenvalue weighted by atomic mass is 9.91. The maximum atomic E-state index is 12.7. The van der Waals surface area contributed by atoms with Crippen LogP contribution in [0.1, 0.15) is 58.8 Å². The fourth-order valence-corrected chi connectivity index (χ4v) is 5.08. The molecule has 6 nitrogen and oxygen atoms in total. The fraction of sp³-hybridized carbons (Fsp3) is 0.581. The van der Waals surface area contributed by atoms with Gasteiger partial charge >= 0.3 is 5.97 Å². The van der Waals surface area contributed by atoms with Crippen LogP contribution in [0.25, 0.3) is 0 Å². The molecule has 0 saturated heterocycles. The second-order valence-electron chi connectivity index (χ2n) is 10.5. The largest absolute Gasteiger partial charge is 0.456 e. The monoisotopic (exact) mass is 512 g/mol. The van der Waals surface area contributed by atoms with Crippen molar-refractivity contribution in [2.45, 2.75) is 95.4 Å². The average molecular weight is 513 g/mol. The van der Waals surface area contributed by atoms with Crippen LogP contribution in [0.3, 0.4) is 0 Å². The Morgan fingerprint density at radius 3 is 2.73 bits per heavy atom. The Labute approximate surface area is 222 Å². The van der Waals surface area contributed by atoms with Crippen molar-refractivity contribution < 1.29 is 28.8 Å². The summed E-state index contributed by atoms with van der Waals surface area (Å²) in [4.78, 5) is 12.7. The highest BCUT2D eigenvalue weighted by Gasteiger charge is 2.24. The summed E-state index contributed by atoms with van der Waals surface area (Å²) in [7, 11) is 1.60. The third-order valence-electron chi connectivity index (χ3n) is 6.95. The smallest absolute Gasteiger partial charge is 0.330 e. The van der Waals surface area contributed by atoms with E-state index >= 15 is 0 Å². The van der Waals surface area contributed by atoms with Crippen molar-refractivity contribution in [1.82, 2.24) is 0 Å². The van der Waals surface area contributed by atoms with Gasteiger partial charge in [0.05, 0.1) is 31.0 Å². The molecular formula is C31H44O6. The highest BCUT2D eigenvalue weighted by atomic mass is 16.6. The Balaban J connectivity index is 1.73. The Morgan fingerprint density at radius 1 is 1.14 bits per heavy atom. The van der Waals surface area contributed by atoms with Crippen LogP contribution in [-0.4, -0.2) is 61.4 Å². The van der Waals surface area contributed by atoms with Gasteiger partial charge in [0.25, 0.3) is 0 Å². The number of hydrogen-bond acceptors (Lipinski definition) is 6. The molecule has 0 spiro atoms. The van der Waals surface area contributed by atoms with Gasteiger partial charge in [-0.3, -0.25) is 0 Å². The number of methoxy groups -OCH3 is 1. The molecule has 0 saturated carbocycles. The summed E-state index contributed by atoms with van der Waals surface area (Å²) >= 11 is 0. The van der Waals surface area contributed by atoms with Crippen molar-refractivity contribution in [1.29, 1.82) is 0 Å². The van der Waals surface area contributed by atoms with Crippen LogP contribution in [0.4, 0.5) is 0 Å². The van der Waals surface area contributed by atoms with E-state index in [1.165, 1.54) is 11.6 Å². The molecule has 37 heavy (non-hydrogen) atoms. The van der Waals surface area contributed by atoms with E-state index in [0.717, 1.165) is 31.3 Å². The number of ether oxygens (including phenoxy) is 4. The minimum absolute atomic E-state index is 0.0319. The summed E-state index contributed by atoms with van der Waals surface area (Å²) in [5.74, 6) is -0.0159. The molecule has 3 rings (SSSR count). The number of aliphatic hydroxyl groups excluding tert-OH is 1. The number of aliphatic hydroxyl groups is 1. The number of hydrogen-bond donors (Lipinski definition) is 1. The molecule has 2 bridgehead atoms. The van der Waals surface area contributed by atoms with E-state index in [1.54, 1.807) is 13.2 Å². The highest BCUT2D eigenvalue weighted by molar-refractivity contribution is 5.82. The van der Waals surface area contributed by atoms with Gasteiger partial charge in [0.2, 0.25) is 0 Å². The quantitative estimate of drug-likeness (QED) is 0.393. The van der Waals surface area contributed by atoms with E-state index in [1.807, 2.05) is 24.3 Å². The predicted octanol–water partition coefficient (Wildman–Crippen LogP) is 5.55. The molecule has 1 N–H and O–H groups in total. The van der Waals surface area contributed by atoms with Gasteiger partial charge in [0.15, 0.2) is 0 Å². The number of carbonyl (C=O) groups is 1. The Kier molecular flexibility index (Phi) is 12.1. The van der Waals surface area contributed by atoms with E-state index in [4.69, 9.17) is 18.9 Å². The minimum atomic E-state index is -0.644. The number of rotatable bonds is 4. The first-order valence-corrected chi connectivity index (χ1v) is 13.5. The van der Waals surface area contributed by atoms with Crippen LogP contribution in [0, 0.1) is 5.92 Å². The SMILES string of the molecule is C=C1C[C@H](C)C[C@@H]2CC=C[C@@H](C/C=C\C(=O)O[C@H]([C@H](/C=C/[C@@H]3CC(C)=CCO3)OC)C/C=C/[C@@H](O)C1)O2. The van der Waals surface area contributed by atoms with Crippen LogP contribution in [-0.2, 0) is 23.7 Å². The van der Waals surface area contributed by atoms with Gasteiger partial charge < -0.3 is 24.1 Å². The molecule has 0 radical (unpaired) electrons. The molecule has 7 atom stereocenters. The number of cyclic esters (lactones) is 1. The molecular weight excluding hydrogens is 468 g/mol. The van der Waals surface area contributed by atoms with Crippen LogP contribution in [0.2, 0.25) is 0 Å². The lowest BCUT2D eigenvalue weighted by Gasteiger charge is -2.28. The molecule has 204 valence electrons. The summed E-state index contributed by atoms with van der Waals surface area (Å²) in [6.07, 6.45) is 20.5. The van der Waals surface area contributed by atoms with Crippen LogP contribution < -0.4 is 0 Å². The molecule has 0 amide bonds. The highest BCUT2D eigenvalue weighted by Crippen LogP contribution is 2.26. The first-order valence-electron chi connectivity index (χ1n) is 13.5. The maximum Gasteiger partial charge on any atom is 0.330 e. The molecule has 0 aromatic heterocycles. The Hall–Kier alpha value is -2.25. The second kappa shape index (κ2) is 15.2. The fourth-order valence-electron chi connectivity index (χ4n) is 5.08. The first-order chi connectivity index (χ1) is 17.8. The first kappa shape index (κ1) is 29.3. The van der Waals surface area contributed by atoms with Gasteiger partial charge in [-0.15, -0.1) is 0 Å². The van der Waals surface area contributed by atoms with Gasteiger partial charge in [0.1, 0.15) is 12.2 Å². The third-order valence-corrected chi connectivity index (χ3v) is 6.95. The zero-order chi connectivity index (χ0) is 26.6. The van der Waals surface area contributed by atoms with E-state index in [2.05, 4.69) is 38.7 Å². The zero-order valence-electron chi connectivity index (χ0n) is 22.6. The summed E-state index contributed by atoms with van der Waals surface area (Å²) in [6.45, 7) is 9.08. The van der Waals surface area contributed by atoms with Crippen molar-refractivity contribution in [3.8, 4) is 0 Å². The minimum Gasteiger partial charge on any atom is -0.456 e. The summed E-state index contributed by atoms with van der Waals surface area (Å²) in [5.41, 5.74) is 2.31. The standard InChI is InChI=1S/C31H44O6/c1-22-16-17-35-27(20-22)14-15-29(34-4)30-12-5-8-25(32)19-23(2)18-24(3)21-28-11-6-9-26(36-28)10-7-13-31(33)37-30/h5-9,13-16,24-30,32H,2,10-12,17-21H2,1,3-4H3/b8-5+,13-7-,15-14+/t24-,25+,26-,27+,28-,29-,30-/m0/s1. The van der Waals surface area contributed by atoms with Crippen molar-refractivity contribution in [3.05, 3.63) is 72.4 Å². The summed E-state index contributed by atoms with van der Waals surface area (Å²) < 4.78 is 23.6. The number of fused-ring (bicyclic) bond motifs is 2. The molecule has 0 aromatic rings. The normalized spacial score (nSPS) is 35.2. The predicted molar refractivity (Wildman–Crippen MR) is 146 cm³/mol. The number of carbonyl (C=O) groups excluding carboxylic acids is 1. The molecule has 3 aliphatic rings. The molecule has 0 fully saturated rings. The molecule has 3 aliphatic heterocycles. The molecule has 0 aromatic carbocycles. The summed E-state index contributed by atoms with van der Waals surface area (Å²) in [5, 5.41) is 10.6. The van der Waals surface area contributed by atoms with Crippen LogP contribution in [0.15, 0.2) is 72.4 Å². The topological polar surface area (TPSA) is 74.2 Å². The van der Waals surface area contributed by atoms with Crippen molar-refractivity contribution in [2.75, 3.05) is 13.7 Å². The van der Waals surface area contributed by atoms with E-state index in [-0.39, 0.29) is 18.3 Å². The molecule has 6 heteroatoms. The third kappa shape index (κ3) is 10.6. The van der Waals surface area contributed by atoms with Gasteiger partial charge in [-0.25, -0.2) is 4.79 Å². The lowest BCUT2D eigenvalue weighted by molar-refractivity contribution is -0.148. The van der Waals surface area contributed by atoms with Gasteiger partial charge in [-0.2, -0.15) is 0 Å². The van der Waals surface area contributed by atoms with Crippen molar-refractivity contribution in [3.63, 3.8) is 0 Å².